The first-order chi connectivity index (χ1) is 13.3. The SMILES string of the molecule is CC[C@H](CNCc1csc(-c2ncccn2)n1)N1CCc2ccccc2C1. The zero-order valence-corrected chi connectivity index (χ0v) is 16.5. The molecule has 3 heterocycles. The Balaban J connectivity index is 1.31. The van der Waals surface area contributed by atoms with Crippen LogP contribution in [0, 0.1) is 0 Å². The second-order valence-electron chi connectivity index (χ2n) is 6.90. The van der Waals surface area contributed by atoms with Gasteiger partial charge in [0.25, 0.3) is 0 Å². The van der Waals surface area contributed by atoms with Gasteiger partial charge in [-0.3, -0.25) is 4.90 Å². The number of rotatable bonds is 7. The predicted octanol–water partition coefficient (Wildman–Crippen LogP) is 3.53. The van der Waals surface area contributed by atoms with Crippen molar-refractivity contribution in [1.29, 1.82) is 0 Å². The molecule has 0 fully saturated rings. The first kappa shape index (κ1) is 18.2. The number of aromatic nitrogens is 3. The third kappa shape index (κ3) is 4.40. The van der Waals surface area contributed by atoms with Gasteiger partial charge < -0.3 is 5.32 Å². The van der Waals surface area contributed by atoms with E-state index in [1.165, 1.54) is 11.1 Å². The van der Waals surface area contributed by atoms with E-state index in [4.69, 9.17) is 0 Å². The van der Waals surface area contributed by atoms with Crippen LogP contribution in [0.5, 0.6) is 0 Å². The fourth-order valence-electron chi connectivity index (χ4n) is 3.63. The fourth-order valence-corrected chi connectivity index (χ4v) is 4.39. The van der Waals surface area contributed by atoms with Crippen molar-refractivity contribution in [1.82, 2.24) is 25.2 Å². The maximum absolute atomic E-state index is 4.66. The molecule has 0 amide bonds. The number of hydrogen-bond donors (Lipinski definition) is 1. The van der Waals surface area contributed by atoms with Crippen LogP contribution in [0.2, 0.25) is 0 Å². The normalized spacial score (nSPS) is 15.4. The van der Waals surface area contributed by atoms with Gasteiger partial charge in [-0.15, -0.1) is 11.3 Å². The Morgan fingerprint density at radius 1 is 1.15 bits per heavy atom. The van der Waals surface area contributed by atoms with Crippen LogP contribution in [0.15, 0.2) is 48.1 Å². The van der Waals surface area contributed by atoms with Crippen molar-refractivity contribution >= 4 is 11.3 Å². The topological polar surface area (TPSA) is 53.9 Å². The first-order valence-corrected chi connectivity index (χ1v) is 10.4. The van der Waals surface area contributed by atoms with Crippen LogP contribution in [-0.2, 0) is 19.5 Å². The molecule has 1 aromatic carbocycles. The number of benzene rings is 1. The van der Waals surface area contributed by atoms with Crippen molar-refractivity contribution in [2.45, 2.75) is 38.9 Å². The smallest absolute Gasteiger partial charge is 0.188 e. The molecule has 27 heavy (non-hydrogen) atoms. The first-order valence-electron chi connectivity index (χ1n) is 9.57. The second kappa shape index (κ2) is 8.69. The van der Waals surface area contributed by atoms with Crippen LogP contribution >= 0.6 is 11.3 Å². The van der Waals surface area contributed by atoms with Crippen LogP contribution in [0.3, 0.4) is 0 Å². The van der Waals surface area contributed by atoms with E-state index in [0.29, 0.717) is 11.9 Å². The van der Waals surface area contributed by atoms with Gasteiger partial charge in [0, 0.05) is 50.0 Å². The molecule has 1 N–H and O–H groups in total. The molecule has 0 bridgehead atoms. The summed E-state index contributed by atoms with van der Waals surface area (Å²) in [6.07, 6.45) is 5.81. The van der Waals surface area contributed by atoms with Crippen molar-refractivity contribution < 1.29 is 0 Å². The lowest BCUT2D eigenvalue weighted by Gasteiger charge is -2.35. The summed E-state index contributed by atoms with van der Waals surface area (Å²) in [4.78, 5) is 15.8. The Morgan fingerprint density at radius 3 is 2.78 bits per heavy atom. The van der Waals surface area contributed by atoms with E-state index in [1.54, 1.807) is 23.7 Å². The van der Waals surface area contributed by atoms with Crippen molar-refractivity contribution in [3.05, 3.63) is 64.9 Å². The lowest BCUT2D eigenvalue weighted by atomic mass is 9.98. The molecule has 5 nitrogen and oxygen atoms in total. The van der Waals surface area contributed by atoms with E-state index in [1.807, 2.05) is 6.07 Å². The molecule has 0 saturated heterocycles. The van der Waals surface area contributed by atoms with Gasteiger partial charge in [0.2, 0.25) is 0 Å². The molecule has 1 atom stereocenters. The zero-order valence-electron chi connectivity index (χ0n) is 15.6. The third-order valence-corrected chi connectivity index (χ3v) is 6.03. The predicted molar refractivity (Wildman–Crippen MR) is 109 cm³/mol. The maximum Gasteiger partial charge on any atom is 0.188 e. The van der Waals surface area contributed by atoms with Crippen molar-refractivity contribution in [2.75, 3.05) is 13.1 Å². The molecule has 0 unspecified atom stereocenters. The zero-order chi connectivity index (χ0) is 18.5. The summed E-state index contributed by atoms with van der Waals surface area (Å²) in [5.74, 6) is 0.701. The van der Waals surface area contributed by atoms with Gasteiger partial charge in [0.05, 0.1) is 5.69 Å². The molecule has 3 aromatic rings. The molecule has 6 heteroatoms. The van der Waals surface area contributed by atoms with E-state index in [0.717, 1.165) is 49.7 Å². The summed E-state index contributed by atoms with van der Waals surface area (Å²) >= 11 is 1.60. The highest BCUT2D eigenvalue weighted by atomic mass is 32.1. The number of hydrogen-bond acceptors (Lipinski definition) is 6. The fraction of sp³-hybridized carbons (Fsp3) is 0.381. The number of fused-ring (bicyclic) bond motifs is 1. The lowest BCUT2D eigenvalue weighted by Crippen LogP contribution is -2.44. The molecule has 0 saturated carbocycles. The summed E-state index contributed by atoms with van der Waals surface area (Å²) in [6.45, 7) is 6.24. The average molecular weight is 380 g/mol. The lowest BCUT2D eigenvalue weighted by molar-refractivity contribution is 0.169. The Kier molecular flexibility index (Phi) is 5.87. The van der Waals surface area contributed by atoms with E-state index >= 15 is 0 Å². The number of nitrogens with one attached hydrogen (secondary N) is 1. The monoisotopic (exact) mass is 379 g/mol. The standard InChI is InChI=1S/C21H25N5S/c1-2-19(26-11-8-16-6-3-4-7-17(16)14-26)13-22-12-18-15-27-21(25-18)20-23-9-5-10-24-20/h3-7,9-10,15,19,22H,2,8,11-14H2,1H3/t19-/m1/s1. The minimum Gasteiger partial charge on any atom is -0.310 e. The summed E-state index contributed by atoms with van der Waals surface area (Å²) in [5.41, 5.74) is 4.05. The molecule has 2 aromatic heterocycles. The van der Waals surface area contributed by atoms with Gasteiger partial charge >= 0.3 is 0 Å². The van der Waals surface area contributed by atoms with Gasteiger partial charge in [-0.25, -0.2) is 15.0 Å². The Morgan fingerprint density at radius 2 is 1.96 bits per heavy atom. The highest BCUT2D eigenvalue weighted by Crippen LogP contribution is 2.22. The Hall–Kier alpha value is -2.15. The van der Waals surface area contributed by atoms with Gasteiger partial charge in [-0.1, -0.05) is 31.2 Å². The molecule has 1 aliphatic heterocycles. The molecule has 0 spiro atoms. The number of nitrogens with zero attached hydrogens (tertiary/aromatic N) is 4. The Labute approximate surface area is 164 Å². The minimum absolute atomic E-state index is 0.550. The van der Waals surface area contributed by atoms with Crippen molar-refractivity contribution in [3.63, 3.8) is 0 Å². The van der Waals surface area contributed by atoms with Gasteiger partial charge in [0.15, 0.2) is 10.8 Å². The minimum atomic E-state index is 0.550. The van der Waals surface area contributed by atoms with Crippen molar-refractivity contribution in [2.24, 2.45) is 0 Å². The molecule has 0 radical (unpaired) electrons. The van der Waals surface area contributed by atoms with E-state index in [2.05, 4.69) is 61.7 Å². The Bertz CT molecular complexity index is 864. The molecule has 0 aliphatic carbocycles. The van der Waals surface area contributed by atoms with Crippen LogP contribution in [0.1, 0.15) is 30.2 Å². The van der Waals surface area contributed by atoms with E-state index < -0.39 is 0 Å². The van der Waals surface area contributed by atoms with Crippen LogP contribution in [0.25, 0.3) is 10.8 Å². The summed E-state index contributed by atoms with van der Waals surface area (Å²) in [5, 5.41) is 6.58. The largest absolute Gasteiger partial charge is 0.310 e. The third-order valence-electron chi connectivity index (χ3n) is 5.14. The second-order valence-corrected chi connectivity index (χ2v) is 7.76. The molecule has 4 rings (SSSR count). The van der Waals surface area contributed by atoms with Crippen LogP contribution < -0.4 is 5.32 Å². The highest BCUT2D eigenvalue weighted by molar-refractivity contribution is 7.13. The van der Waals surface area contributed by atoms with Gasteiger partial charge in [-0.2, -0.15) is 0 Å². The van der Waals surface area contributed by atoms with E-state index in [9.17, 15) is 0 Å². The highest BCUT2D eigenvalue weighted by Gasteiger charge is 2.22. The van der Waals surface area contributed by atoms with E-state index in [-0.39, 0.29) is 0 Å². The summed E-state index contributed by atoms with van der Waals surface area (Å²) < 4.78 is 0. The quantitative estimate of drug-likeness (QED) is 0.681. The van der Waals surface area contributed by atoms with Gasteiger partial charge in [-0.05, 0) is 30.0 Å². The maximum atomic E-state index is 4.66. The van der Waals surface area contributed by atoms with Crippen LogP contribution in [-0.4, -0.2) is 39.0 Å². The molecule has 140 valence electrons. The molecular formula is C21H25N5S. The molecular weight excluding hydrogens is 354 g/mol. The van der Waals surface area contributed by atoms with Gasteiger partial charge in [0.1, 0.15) is 0 Å². The summed E-state index contributed by atoms with van der Waals surface area (Å²) in [6, 6.07) is 11.2. The summed E-state index contributed by atoms with van der Waals surface area (Å²) in [7, 11) is 0. The van der Waals surface area contributed by atoms with Crippen LogP contribution in [0.4, 0.5) is 0 Å². The number of thiazole rings is 1. The van der Waals surface area contributed by atoms with Crippen molar-refractivity contribution in [3.8, 4) is 10.8 Å². The average Bonchev–Trinajstić information content (AvgIpc) is 3.20. The molecule has 1 aliphatic rings.